The van der Waals surface area contributed by atoms with Crippen molar-refractivity contribution in [2.75, 3.05) is 7.05 Å². The number of benzene rings is 1. The van der Waals surface area contributed by atoms with Gasteiger partial charge in [0.25, 0.3) is 0 Å². The Morgan fingerprint density at radius 2 is 2.07 bits per heavy atom. The second-order valence-corrected chi connectivity index (χ2v) is 3.23. The Labute approximate surface area is 82.5 Å². The number of carbonyl (C=O) groups is 1. The highest BCUT2D eigenvalue weighted by Crippen LogP contribution is 2.30. The summed E-state index contributed by atoms with van der Waals surface area (Å²) in [5.74, 6) is 0. The second kappa shape index (κ2) is 3.27. The van der Waals surface area contributed by atoms with Gasteiger partial charge in [0, 0.05) is 13.2 Å². The van der Waals surface area contributed by atoms with E-state index in [0.29, 0.717) is 0 Å². The van der Waals surface area contributed by atoms with E-state index in [9.17, 15) is 4.79 Å². The average molecular weight is 189 g/mol. The number of carbonyl (C=O) groups excluding carboxylic acids is 1. The van der Waals surface area contributed by atoms with E-state index in [1.807, 2.05) is 30.3 Å². The maximum absolute atomic E-state index is 11.1. The van der Waals surface area contributed by atoms with Crippen molar-refractivity contribution in [3.8, 4) is 0 Å². The molecule has 0 radical (unpaired) electrons. The van der Waals surface area contributed by atoms with Crippen LogP contribution in [0.4, 0.5) is 0 Å². The number of hydrogen-bond donors (Lipinski definition) is 0. The van der Waals surface area contributed by atoms with Crippen LogP contribution in [0.15, 0.2) is 42.6 Å². The summed E-state index contributed by atoms with van der Waals surface area (Å²) >= 11 is 0. The zero-order valence-electron chi connectivity index (χ0n) is 7.88. The largest absolute Gasteiger partial charge is 0.299 e. The Kier molecular flexibility index (Phi) is 2.09. The van der Waals surface area contributed by atoms with Crippen LogP contribution in [0.2, 0.25) is 0 Å². The normalized spacial score (nSPS) is 25.4. The predicted octanol–water partition coefficient (Wildman–Crippen LogP) is 1.47. The van der Waals surface area contributed by atoms with Crippen molar-refractivity contribution in [1.29, 1.82) is 0 Å². The molecule has 1 heterocycles. The molecule has 0 saturated heterocycles. The van der Waals surface area contributed by atoms with Crippen molar-refractivity contribution in [3.63, 3.8) is 0 Å². The Hall–Kier alpha value is -1.61. The summed E-state index contributed by atoms with van der Waals surface area (Å²) < 4.78 is 0. The highest BCUT2D eigenvalue weighted by molar-refractivity contribution is 5.70. The van der Waals surface area contributed by atoms with Crippen molar-refractivity contribution < 1.29 is 9.63 Å². The minimum atomic E-state index is -0.935. The molecule has 0 aliphatic carbocycles. The van der Waals surface area contributed by atoms with E-state index in [0.717, 1.165) is 11.8 Å². The van der Waals surface area contributed by atoms with Crippen LogP contribution in [0, 0.1) is 0 Å². The first-order chi connectivity index (χ1) is 6.77. The molecule has 2 rings (SSSR count). The highest BCUT2D eigenvalue weighted by Gasteiger charge is 2.35. The summed E-state index contributed by atoms with van der Waals surface area (Å²) in [5, 5.41) is 1.53. The molecule has 1 aromatic carbocycles. The molecule has 3 nitrogen and oxygen atoms in total. The third kappa shape index (κ3) is 1.32. The molecule has 14 heavy (non-hydrogen) atoms. The molecule has 0 N–H and O–H groups in total. The van der Waals surface area contributed by atoms with Gasteiger partial charge in [-0.25, -0.2) is 0 Å². The molecule has 1 unspecified atom stereocenters. The molecule has 0 spiro atoms. The van der Waals surface area contributed by atoms with E-state index in [-0.39, 0.29) is 0 Å². The summed E-state index contributed by atoms with van der Waals surface area (Å²) in [7, 11) is 1.75. The van der Waals surface area contributed by atoms with Crippen molar-refractivity contribution in [3.05, 3.63) is 48.2 Å². The zero-order valence-corrected chi connectivity index (χ0v) is 7.88. The fraction of sp³-hybridized carbons (Fsp3) is 0.182. The maximum atomic E-state index is 11.1. The molecule has 1 atom stereocenters. The van der Waals surface area contributed by atoms with Crippen LogP contribution in [-0.2, 0) is 15.2 Å². The second-order valence-electron chi connectivity index (χ2n) is 3.23. The molecule has 1 aliphatic heterocycles. The van der Waals surface area contributed by atoms with Gasteiger partial charge in [0.2, 0.25) is 0 Å². The lowest BCUT2D eigenvalue weighted by Crippen LogP contribution is -2.29. The van der Waals surface area contributed by atoms with Crippen molar-refractivity contribution in [1.82, 2.24) is 5.06 Å². The molecular weight excluding hydrogens is 178 g/mol. The van der Waals surface area contributed by atoms with Gasteiger partial charge in [-0.1, -0.05) is 30.3 Å². The van der Waals surface area contributed by atoms with Gasteiger partial charge in [0.1, 0.15) is 0 Å². The van der Waals surface area contributed by atoms with E-state index in [4.69, 9.17) is 4.84 Å². The van der Waals surface area contributed by atoms with Crippen molar-refractivity contribution in [2.45, 2.75) is 5.60 Å². The molecule has 0 fully saturated rings. The number of hydrogen-bond acceptors (Lipinski definition) is 3. The van der Waals surface area contributed by atoms with Crippen LogP contribution in [0.3, 0.4) is 0 Å². The van der Waals surface area contributed by atoms with E-state index >= 15 is 0 Å². The van der Waals surface area contributed by atoms with Crippen LogP contribution >= 0.6 is 0 Å². The lowest BCUT2D eigenvalue weighted by Gasteiger charge is -2.22. The van der Waals surface area contributed by atoms with Gasteiger partial charge in [0.15, 0.2) is 11.9 Å². The first-order valence-electron chi connectivity index (χ1n) is 4.40. The number of nitrogens with zero attached hydrogens (tertiary/aromatic N) is 1. The first-order valence-corrected chi connectivity index (χ1v) is 4.40. The van der Waals surface area contributed by atoms with Gasteiger partial charge < -0.3 is 0 Å². The van der Waals surface area contributed by atoms with E-state index in [1.54, 1.807) is 19.3 Å². The average Bonchev–Trinajstić information content (AvgIpc) is 2.63. The monoisotopic (exact) mass is 189 g/mol. The Balaban J connectivity index is 2.40. The lowest BCUT2D eigenvalue weighted by molar-refractivity contribution is -0.172. The SMILES string of the molecule is CN1C=CC(C=O)(c2ccccc2)O1. The quantitative estimate of drug-likeness (QED) is 0.660. The van der Waals surface area contributed by atoms with Crippen LogP contribution in [-0.4, -0.2) is 18.4 Å². The summed E-state index contributed by atoms with van der Waals surface area (Å²) in [6.07, 6.45) is 4.29. The molecule has 0 aromatic heterocycles. The summed E-state index contributed by atoms with van der Waals surface area (Å²) in [6.45, 7) is 0. The zero-order chi connectivity index (χ0) is 10.0. The summed E-state index contributed by atoms with van der Waals surface area (Å²) in [4.78, 5) is 16.5. The van der Waals surface area contributed by atoms with Crippen LogP contribution in [0.5, 0.6) is 0 Å². The molecule has 1 aliphatic rings. The van der Waals surface area contributed by atoms with Crippen molar-refractivity contribution >= 4 is 6.29 Å². The van der Waals surface area contributed by atoms with Gasteiger partial charge in [-0.15, -0.1) is 0 Å². The number of hydroxylamine groups is 2. The molecule has 0 bridgehead atoms. The van der Waals surface area contributed by atoms with Gasteiger partial charge in [-0.2, -0.15) is 0 Å². The fourth-order valence-corrected chi connectivity index (χ4v) is 1.49. The van der Waals surface area contributed by atoms with E-state index in [1.165, 1.54) is 5.06 Å². The predicted molar refractivity (Wildman–Crippen MR) is 52.2 cm³/mol. The topological polar surface area (TPSA) is 29.5 Å². The maximum Gasteiger partial charge on any atom is 0.196 e. The number of aldehydes is 1. The molecule has 1 aromatic rings. The Morgan fingerprint density at radius 1 is 1.36 bits per heavy atom. The van der Waals surface area contributed by atoms with E-state index < -0.39 is 5.60 Å². The first kappa shape index (κ1) is 8.97. The molecular formula is C11H11NO2. The van der Waals surface area contributed by atoms with Gasteiger partial charge >= 0.3 is 0 Å². The van der Waals surface area contributed by atoms with Crippen LogP contribution in [0.1, 0.15) is 5.56 Å². The standard InChI is InChI=1S/C11H11NO2/c1-12-8-7-11(9-13,14-12)10-5-3-2-4-6-10/h2-9H,1H3. The number of rotatable bonds is 2. The van der Waals surface area contributed by atoms with E-state index in [2.05, 4.69) is 0 Å². The molecule has 72 valence electrons. The van der Waals surface area contributed by atoms with Gasteiger partial charge in [-0.3, -0.25) is 14.7 Å². The van der Waals surface area contributed by atoms with Crippen LogP contribution < -0.4 is 0 Å². The summed E-state index contributed by atoms with van der Waals surface area (Å²) in [6, 6.07) is 9.42. The minimum Gasteiger partial charge on any atom is -0.299 e. The third-order valence-electron chi connectivity index (χ3n) is 2.23. The highest BCUT2D eigenvalue weighted by atomic mass is 16.7. The van der Waals surface area contributed by atoms with Gasteiger partial charge in [0.05, 0.1) is 0 Å². The van der Waals surface area contributed by atoms with Crippen LogP contribution in [0.25, 0.3) is 0 Å². The molecule has 0 amide bonds. The third-order valence-corrected chi connectivity index (χ3v) is 2.23. The smallest absolute Gasteiger partial charge is 0.196 e. The van der Waals surface area contributed by atoms with Crippen molar-refractivity contribution in [2.24, 2.45) is 0 Å². The van der Waals surface area contributed by atoms with Gasteiger partial charge in [-0.05, 0) is 11.6 Å². The Morgan fingerprint density at radius 3 is 2.57 bits per heavy atom. The lowest BCUT2D eigenvalue weighted by atomic mass is 9.96. The Bertz CT molecular complexity index is 361. The summed E-state index contributed by atoms with van der Waals surface area (Å²) in [5.41, 5.74) is -0.0914. The molecule has 0 saturated carbocycles. The minimum absolute atomic E-state index is 0.808. The fourth-order valence-electron chi connectivity index (χ4n) is 1.49. The molecule has 3 heteroatoms.